The molecule has 0 fully saturated rings. The third-order valence-electron chi connectivity index (χ3n) is 1.89. The number of aromatic amines is 1. The number of fused-ring (bicyclic) bond motifs is 1. The van der Waals surface area contributed by atoms with Crippen LogP contribution in [0.3, 0.4) is 0 Å². The van der Waals surface area contributed by atoms with Crippen LogP contribution in [-0.4, -0.2) is 14.5 Å². The van der Waals surface area contributed by atoms with Gasteiger partial charge in [0.15, 0.2) is 4.77 Å². The summed E-state index contributed by atoms with van der Waals surface area (Å²) < 4.78 is 2.79. The number of imidazole rings is 1. The van der Waals surface area contributed by atoms with Crippen molar-refractivity contribution >= 4 is 23.3 Å². The number of H-pyrrole nitrogens is 1. The van der Waals surface area contributed by atoms with Gasteiger partial charge in [-0.1, -0.05) is 0 Å². The molecule has 0 saturated carbocycles. The van der Waals surface area contributed by atoms with Crippen LogP contribution in [0.15, 0.2) is 18.5 Å². The number of pyridine rings is 1. The summed E-state index contributed by atoms with van der Waals surface area (Å²) in [6, 6.07) is 1.93. The number of nitrogens with one attached hydrogen (secondary N) is 1. The number of hydrogen-bond donors (Lipinski definition) is 1. The fourth-order valence-electron chi connectivity index (χ4n) is 1.31. The number of aromatic nitrogens is 3. The molecule has 2 aromatic heterocycles. The van der Waals surface area contributed by atoms with Gasteiger partial charge >= 0.3 is 0 Å². The van der Waals surface area contributed by atoms with Gasteiger partial charge in [0.2, 0.25) is 0 Å². The molecule has 1 N–H and O–H groups in total. The molecule has 0 radical (unpaired) electrons. The van der Waals surface area contributed by atoms with Crippen LogP contribution in [0.2, 0.25) is 0 Å². The number of nitrogens with zero attached hydrogens (tertiary/aromatic N) is 2. The van der Waals surface area contributed by atoms with E-state index in [2.05, 4.69) is 16.9 Å². The lowest BCUT2D eigenvalue weighted by atomic mass is 10.4. The zero-order valence-electron chi connectivity index (χ0n) is 6.74. The van der Waals surface area contributed by atoms with Gasteiger partial charge in [0.05, 0.1) is 17.2 Å². The maximum absolute atomic E-state index is 5.13. The van der Waals surface area contributed by atoms with Crippen LogP contribution in [0.1, 0.15) is 6.92 Å². The van der Waals surface area contributed by atoms with E-state index in [1.807, 2.05) is 16.8 Å². The van der Waals surface area contributed by atoms with E-state index >= 15 is 0 Å². The Kier molecular flexibility index (Phi) is 1.69. The fourth-order valence-corrected chi connectivity index (χ4v) is 1.65. The molecular weight excluding hydrogens is 170 g/mol. The van der Waals surface area contributed by atoms with Crippen LogP contribution in [0.25, 0.3) is 11.0 Å². The first kappa shape index (κ1) is 7.49. The van der Waals surface area contributed by atoms with E-state index in [0.717, 1.165) is 22.3 Å². The average molecular weight is 179 g/mol. The lowest BCUT2D eigenvalue weighted by molar-refractivity contribution is 0.773. The molecule has 2 rings (SSSR count). The van der Waals surface area contributed by atoms with Crippen molar-refractivity contribution in [3.63, 3.8) is 0 Å². The third-order valence-corrected chi connectivity index (χ3v) is 2.22. The molecule has 0 saturated heterocycles. The molecule has 0 unspecified atom stereocenters. The summed E-state index contributed by atoms with van der Waals surface area (Å²) in [5, 5.41) is 0. The van der Waals surface area contributed by atoms with Gasteiger partial charge in [-0.25, -0.2) is 0 Å². The van der Waals surface area contributed by atoms with E-state index in [1.54, 1.807) is 6.20 Å². The number of hydrogen-bond acceptors (Lipinski definition) is 2. The van der Waals surface area contributed by atoms with Crippen molar-refractivity contribution < 1.29 is 0 Å². The molecule has 3 nitrogen and oxygen atoms in total. The van der Waals surface area contributed by atoms with Crippen molar-refractivity contribution in [2.75, 3.05) is 0 Å². The predicted octanol–water partition coefficient (Wildman–Crippen LogP) is 2.11. The standard InChI is InChI=1S/C8H9N3S/c1-2-11-7-5-9-4-3-6(7)10-8(11)12/h3-5H,2H2,1H3,(H,10,12). The van der Waals surface area contributed by atoms with Gasteiger partial charge in [0.25, 0.3) is 0 Å². The normalized spacial score (nSPS) is 10.8. The Morgan fingerprint density at radius 2 is 2.50 bits per heavy atom. The first-order chi connectivity index (χ1) is 5.83. The molecule has 0 spiro atoms. The second-order valence-corrected chi connectivity index (χ2v) is 2.95. The maximum atomic E-state index is 5.13. The minimum Gasteiger partial charge on any atom is -0.330 e. The molecule has 0 aliphatic carbocycles. The van der Waals surface area contributed by atoms with Gasteiger partial charge in [0.1, 0.15) is 0 Å². The van der Waals surface area contributed by atoms with E-state index in [-0.39, 0.29) is 0 Å². The van der Waals surface area contributed by atoms with E-state index in [0.29, 0.717) is 0 Å². The van der Waals surface area contributed by atoms with Crippen LogP contribution in [0.5, 0.6) is 0 Å². The monoisotopic (exact) mass is 179 g/mol. The van der Waals surface area contributed by atoms with E-state index < -0.39 is 0 Å². The third kappa shape index (κ3) is 0.956. The summed E-state index contributed by atoms with van der Waals surface area (Å²) in [5.74, 6) is 0. The largest absolute Gasteiger partial charge is 0.330 e. The van der Waals surface area contributed by atoms with E-state index in [1.165, 1.54) is 0 Å². The summed E-state index contributed by atoms with van der Waals surface area (Å²) >= 11 is 5.13. The Bertz CT molecular complexity index is 455. The molecule has 0 aliphatic rings. The second-order valence-electron chi connectivity index (χ2n) is 2.57. The quantitative estimate of drug-likeness (QED) is 0.680. The van der Waals surface area contributed by atoms with Crippen molar-refractivity contribution in [3.8, 4) is 0 Å². The predicted molar refractivity (Wildman–Crippen MR) is 50.6 cm³/mol. The highest BCUT2D eigenvalue weighted by molar-refractivity contribution is 7.71. The molecule has 62 valence electrons. The van der Waals surface area contributed by atoms with Crippen LogP contribution in [-0.2, 0) is 6.54 Å². The molecule has 12 heavy (non-hydrogen) atoms. The molecular formula is C8H9N3S. The lowest BCUT2D eigenvalue weighted by Crippen LogP contribution is -1.92. The molecule has 0 atom stereocenters. The van der Waals surface area contributed by atoms with E-state index in [9.17, 15) is 0 Å². The minimum atomic E-state index is 0.764. The second kappa shape index (κ2) is 2.71. The number of aryl methyl sites for hydroxylation is 1. The molecule has 0 aromatic carbocycles. The Morgan fingerprint density at radius 1 is 1.67 bits per heavy atom. The van der Waals surface area contributed by atoms with Crippen molar-refractivity contribution in [1.29, 1.82) is 0 Å². The summed E-state index contributed by atoms with van der Waals surface area (Å²) in [6.07, 6.45) is 3.58. The molecule has 4 heteroatoms. The molecule has 0 amide bonds. The highest BCUT2D eigenvalue weighted by Crippen LogP contribution is 2.11. The van der Waals surface area contributed by atoms with Crippen molar-refractivity contribution in [2.45, 2.75) is 13.5 Å². The zero-order valence-corrected chi connectivity index (χ0v) is 7.56. The Labute approximate surface area is 75.1 Å². The molecule has 2 heterocycles. The van der Waals surface area contributed by atoms with Gasteiger partial charge in [-0.3, -0.25) is 4.98 Å². The number of rotatable bonds is 1. The molecule has 2 aromatic rings. The van der Waals surface area contributed by atoms with E-state index in [4.69, 9.17) is 12.2 Å². The summed E-state index contributed by atoms with van der Waals surface area (Å²) in [7, 11) is 0. The van der Waals surface area contributed by atoms with Gasteiger partial charge in [-0.05, 0) is 25.2 Å². The first-order valence-electron chi connectivity index (χ1n) is 3.85. The van der Waals surface area contributed by atoms with Gasteiger partial charge in [0, 0.05) is 12.7 Å². The van der Waals surface area contributed by atoms with Crippen molar-refractivity contribution in [3.05, 3.63) is 23.2 Å². The summed E-state index contributed by atoms with van der Waals surface area (Å²) in [6.45, 7) is 2.95. The summed E-state index contributed by atoms with van der Waals surface area (Å²) in [4.78, 5) is 7.16. The zero-order chi connectivity index (χ0) is 8.55. The fraction of sp³-hybridized carbons (Fsp3) is 0.250. The van der Waals surface area contributed by atoms with Crippen LogP contribution >= 0.6 is 12.2 Å². The Morgan fingerprint density at radius 3 is 3.25 bits per heavy atom. The Balaban J connectivity index is 2.91. The van der Waals surface area contributed by atoms with Gasteiger partial charge < -0.3 is 9.55 Å². The minimum absolute atomic E-state index is 0.764. The Hall–Kier alpha value is -1.16. The van der Waals surface area contributed by atoms with Gasteiger partial charge in [-0.2, -0.15) is 0 Å². The topological polar surface area (TPSA) is 33.6 Å². The van der Waals surface area contributed by atoms with Crippen LogP contribution in [0, 0.1) is 4.77 Å². The SMILES string of the molecule is CCn1c(=S)[nH]c2ccncc21. The van der Waals surface area contributed by atoms with Crippen LogP contribution < -0.4 is 0 Å². The maximum Gasteiger partial charge on any atom is 0.178 e. The lowest BCUT2D eigenvalue weighted by Gasteiger charge is -1.96. The molecule has 0 aliphatic heterocycles. The highest BCUT2D eigenvalue weighted by Gasteiger charge is 2.00. The smallest absolute Gasteiger partial charge is 0.178 e. The average Bonchev–Trinajstić information content (AvgIpc) is 2.40. The highest BCUT2D eigenvalue weighted by atomic mass is 32.1. The van der Waals surface area contributed by atoms with Crippen molar-refractivity contribution in [1.82, 2.24) is 14.5 Å². The first-order valence-corrected chi connectivity index (χ1v) is 4.26. The molecule has 0 bridgehead atoms. The summed E-state index contributed by atoms with van der Waals surface area (Å²) in [5.41, 5.74) is 2.13. The van der Waals surface area contributed by atoms with Gasteiger partial charge in [-0.15, -0.1) is 0 Å². The van der Waals surface area contributed by atoms with Crippen molar-refractivity contribution in [2.24, 2.45) is 0 Å². The van der Waals surface area contributed by atoms with Crippen LogP contribution in [0.4, 0.5) is 0 Å².